The van der Waals surface area contributed by atoms with Crippen LogP contribution in [0.15, 0.2) is 64.7 Å². The van der Waals surface area contributed by atoms with Crippen LogP contribution >= 0.6 is 11.3 Å². The molecule has 1 aromatic heterocycles. The molecule has 0 bridgehead atoms. The quantitative estimate of drug-likeness (QED) is 0.768. The van der Waals surface area contributed by atoms with Crippen molar-refractivity contribution in [2.45, 2.75) is 25.2 Å². The molecule has 5 heteroatoms. The molecule has 1 unspecified atom stereocenters. The van der Waals surface area contributed by atoms with Crippen molar-refractivity contribution in [1.82, 2.24) is 10.6 Å². The van der Waals surface area contributed by atoms with Crippen molar-refractivity contribution >= 4 is 17.6 Å². The van der Waals surface area contributed by atoms with Crippen molar-refractivity contribution in [2.75, 3.05) is 0 Å². The third kappa shape index (κ3) is 3.96. The Kier molecular flexibility index (Phi) is 4.56. The number of rotatable bonds is 6. The largest absolute Gasteiger partial charge is 0.367 e. The molecule has 0 amide bonds. The van der Waals surface area contributed by atoms with Crippen LogP contribution in [0.3, 0.4) is 0 Å². The number of nitrogens with one attached hydrogen (secondary N) is 2. The van der Waals surface area contributed by atoms with Crippen LogP contribution in [0.4, 0.5) is 0 Å². The van der Waals surface area contributed by atoms with E-state index in [4.69, 9.17) is 5.73 Å². The first-order valence-corrected chi connectivity index (χ1v) is 8.24. The van der Waals surface area contributed by atoms with Crippen LogP contribution in [0.1, 0.15) is 16.9 Å². The zero-order valence-electron chi connectivity index (χ0n) is 12.3. The van der Waals surface area contributed by atoms with Crippen LogP contribution in [0.5, 0.6) is 0 Å². The number of nitrogens with two attached hydrogens (primary N) is 1. The molecular formula is C17H20N4S. The Labute approximate surface area is 134 Å². The number of thiophene rings is 1. The van der Waals surface area contributed by atoms with Crippen molar-refractivity contribution in [3.8, 4) is 0 Å². The molecule has 1 aromatic carbocycles. The summed E-state index contributed by atoms with van der Waals surface area (Å²) in [6, 6.07) is 14.5. The third-order valence-corrected chi connectivity index (χ3v) is 4.44. The zero-order valence-corrected chi connectivity index (χ0v) is 13.1. The fourth-order valence-corrected chi connectivity index (χ4v) is 3.00. The van der Waals surface area contributed by atoms with Crippen LogP contribution in [-0.4, -0.2) is 12.0 Å². The van der Waals surface area contributed by atoms with Crippen LogP contribution in [-0.2, 0) is 13.0 Å². The third-order valence-electron chi connectivity index (χ3n) is 3.57. The zero-order chi connectivity index (χ0) is 15.3. The van der Waals surface area contributed by atoms with Gasteiger partial charge in [-0.3, -0.25) is 10.7 Å². The Morgan fingerprint density at radius 1 is 1.18 bits per heavy atom. The molecule has 0 radical (unpaired) electrons. The smallest absolute Gasteiger partial charge is 0.183 e. The summed E-state index contributed by atoms with van der Waals surface area (Å²) >= 11 is 1.74. The van der Waals surface area contributed by atoms with Crippen molar-refractivity contribution in [2.24, 2.45) is 10.7 Å². The molecule has 0 spiro atoms. The number of allylic oxidation sites excluding steroid dienone is 1. The molecule has 0 saturated carbocycles. The number of nitrogens with zero attached hydrogens (tertiary/aromatic N) is 1. The summed E-state index contributed by atoms with van der Waals surface area (Å²) in [5, 5.41) is 8.74. The molecule has 0 aliphatic carbocycles. The minimum absolute atomic E-state index is 0.742. The lowest BCUT2D eigenvalue weighted by Gasteiger charge is -2.31. The number of hydrogen-bond donors (Lipinski definition) is 3. The lowest BCUT2D eigenvalue weighted by Crippen LogP contribution is -2.55. The van der Waals surface area contributed by atoms with Gasteiger partial charge in [0.25, 0.3) is 0 Å². The second-order valence-corrected chi connectivity index (χ2v) is 6.36. The fourth-order valence-electron chi connectivity index (χ4n) is 2.36. The van der Waals surface area contributed by atoms with Gasteiger partial charge in [0.2, 0.25) is 0 Å². The highest BCUT2D eigenvalue weighted by Gasteiger charge is 2.25. The number of aryl methyl sites for hydroxylation is 1. The van der Waals surface area contributed by atoms with Gasteiger partial charge < -0.3 is 10.6 Å². The Morgan fingerprint density at radius 2 is 2.05 bits per heavy atom. The van der Waals surface area contributed by atoms with Gasteiger partial charge in [-0.15, -0.1) is 11.3 Å². The van der Waals surface area contributed by atoms with Gasteiger partial charge in [0.05, 0.1) is 6.54 Å². The molecule has 4 N–H and O–H groups in total. The summed E-state index contributed by atoms with van der Waals surface area (Å²) in [5.41, 5.74) is 7.63. The van der Waals surface area contributed by atoms with E-state index in [0.717, 1.165) is 25.2 Å². The van der Waals surface area contributed by atoms with Gasteiger partial charge in [-0.25, -0.2) is 0 Å². The van der Waals surface area contributed by atoms with E-state index in [2.05, 4.69) is 45.3 Å². The standard InChI is InChI=1S/C17H20N4S/c18-17(10-8-14-5-2-1-3-6-14)20-11-9-16(21-17)19-13-15-7-4-12-22-15/h1-7,9,11-12,19,21H,8,10,13,18H2. The van der Waals surface area contributed by atoms with Crippen molar-refractivity contribution in [3.63, 3.8) is 0 Å². The second-order valence-electron chi connectivity index (χ2n) is 5.33. The second kappa shape index (κ2) is 6.77. The van der Waals surface area contributed by atoms with E-state index >= 15 is 0 Å². The normalized spacial score (nSPS) is 20.3. The predicted molar refractivity (Wildman–Crippen MR) is 92.6 cm³/mol. The number of benzene rings is 1. The van der Waals surface area contributed by atoms with E-state index in [-0.39, 0.29) is 0 Å². The molecule has 2 aromatic rings. The van der Waals surface area contributed by atoms with Crippen LogP contribution in [0, 0.1) is 0 Å². The summed E-state index contributed by atoms with van der Waals surface area (Å²) in [4.78, 5) is 5.69. The Bertz CT molecular complexity index is 649. The van der Waals surface area contributed by atoms with Crippen molar-refractivity contribution in [1.29, 1.82) is 0 Å². The maximum Gasteiger partial charge on any atom is 0.183 e. The predicted octanol–water partition coefficient (Wildman–Crippen LogP) is 2.60. The van der Waals surface area contributed by atoms with E-state index in [1.807, 2.05) is 24.3 Å². The molecule has 0 fully saturated rings. The monoisotopic (exact) mass is 312 g/mol. The molecule has 1 aliphatic rings. The highest BCUT2D eigenvalue weighted by Crippen LogP contribution is 2.15. The summed E-state index contributed by atoms with van der Waals surface area (Å²) in [7, 11) is 0. The van der Waals surface area contributed by atoms with E-state index in [0.29, 0.717) is 0 Å². The van der Waals surface area contributed by atoms with Crippen LogP contribution in [0.25, 0.3) is 0 Å². The summed E-state index contributed by atoms with van der Waals surface area (Å²) < 4.78 is 0. The minimum Gasteiger partial charge on any atom is -0.367 e. The van der Waals surface area contributed by atoms with Gasteiger partial charge >= 0.3 is 0 Å². The van der Waals surface area contributed by atoms with Gasteiger partial charge in [-0.2, -0.15) is 0 Å². The molecular weight excluding hydrogens is 292 g/mol. The van der Waals surface area contributed by atoms with Crippen LogP contribution < -0.4 is 16.4 Å². The van der Waals surface area contributed by atoms with E-state index in [9.17, 15) is 0 Å². The van der Waals surface area contributed by atoms with Gasteiger partial charge in [0.1, 0.15) is 5.82 Å². The summed E-state index contributed by atoms with van der Waals surface area (Å²) in [6.45, 7) is 0.791. The molecule has 1 atom stereocenters. The van der Waals surface area contributed by atoms with Gasteiger partial charge in [0.15, 0.2) is 5.79 Å². The Balaban J connectivity index is 1.54. The first-order chi connectivity index (χ1) is 10.7. The van der Waals surface area contributed by atoms with Gasteiger partial charge in [0, 0.05) is 17.5 Å². The number of aliphatic imine (C=N–C) groups is 1. The molecule has 22 heavy (non-hydrogen) atoms. The van der Waals surface area contributed by atoms with E-state index in [1.54, 1.807) is 17.6 Å². The topological polar surface area (TPSA) is 62.4 Å². The maximum absolute atomic E-state index is 6.36. The molecule has 4 nitrogen and oxygen atoms in total. The van der Waals surface area contributed by atoms with E-state index < -0.39 is 5.79 Å². The number of hydrogen-bond acceptors (Lipinski definition) is 5. The molecule has 2 heterocycles. The van der Waals surface area contributed by atoms with Gasteiger partial charge in [-0.1, -0.05) is 36.4 Å². The maximum atomic E-state index is 6.36. The highest BCUT2D eigenvalue weighted by molar-refractivity contribution is 7.09. The lowest BCUT2D eigenvalue weighted by molar-refractivity contribution is 0.343. The lowest BCUT2D eigenvalue weighted by atomic mass is 10.1. The molecule has 0 saturated heterocycles. The average molecular weight is 312 g/mol. The summed E-state index contributed by atoms with van der Waals surface area (Å²) in [6.07, 6.45) is 5.32. The van der Waals surface area contributed by atoms with Crippen LogP contribution in [0.2, 0.25) is 0 Å². The highest BCUT2D eigenvalue weighted by atomic mass is 32.1. The first-order valence-electron chi connectivity index (χ1n) is 7.36. The van der Waals surface area contributed by atoms with Crippen molar-refractivity contribution < 1.29 is 0 Å². The van der Waals surface area contributed by atoms with E-state index in [1.165, 1.54) is 10.4 Å². The fraction of sp³-hybridized carbons (Fsp3) is 0.235. The van der Waals surface area contributed by atoms with Crippen molar-refractivity contribution in [3.05, 3.63) is 70.2 Å². The average Bonchev–Trinajstić information content (AvgIpc) is 3.06. The summed E-state index contributed by atoms with van der Waals surface area (Å²) in [5.74, 6) is 0.168. The first kappa shape index (κ1) is 14.8. The molecule has 1 aliphatic heterocycles. The Hall–Kier alpha value is -2.11. The molecule has 3 rings (SSSR count). The SMILES string of the molecule is NC1(CCc2ccccc2)N=CC=C(NCc2cccs2)N1. The molecule has 114 valence electrons. The van der Waals surface area contributed by atoms with Gasteiger partial charge in [-0.05, 0) is 29.5 Å². The minimum atomic E-state index is -0.748. The Morgan fingerprint density at radius 3 is 2.82 bits per heavy atom.